The third kappa shape index (κ3) is 10.9. The molecule has 0 aromatic heterocycles. The molecular formula is C68H90. The van der Waals surface area contributed by atoms with Crippen molar-refractivity contribution in [1.82, 2.24) is 0 Å². The van der Waals surface area contributed by atoms with Crippen LogP contribution in [0.2, 0.25) is 0 Å². The third-order valence-electron chi connectivity index (χ3n) is 14.3. The molecule has 0 saturated heterocycles. The second kappa shape index (κ2) is 17.6. The van der Waals surface area contributed by atoms with Crippen molar-refractivity contribution in [2.24, 2.45) is 0 Å². The molecule has 0 bridgehead atoms. The largest absolute Gasteiger partial charge is 0.0622 e. The van der Waals surface area contributed by atoms with Crippen LogP contribution in [0.1, 0.15) is 211 Å². The van der Waals surface area contributed by atoms with Crippen LogP contribution >= 0.6 is 0 Å². The predicted molar refractivity (Wildman–Crippen MR) is 303 cm³/mol. The molecule has 0 radical (unpaired) electrons. The standard InChI is InChI=1S/C68H90/c1-61(2,3)44-30-34-54(65(13,14)15)48(38-44)50-42-51(49-39-45(62(4,5)6)31-35-55(49)66(16,17)18)59(52-40-46(63(7,8)9)32-36-56(52)67(19,20)21)60(58(50)43-28-26-25-27-29-43)53-41-47(64(10,11)12)33-37-57(53)68(22,23)24/h25-42H,1-24H3. The highest BCUT2D eigenvalue weighted by atomic mass is 14.4. The van der Waals surface area contributed by atoms with Crippen LogP contribution in [0.5, 0.6) is 0 Å². The zero-order valence-corrected chi connectivity index (χ0v) is 47.4. The van der Waals surface area contributed by atoms with Crippen LogP contribution in [0.15, 0.2) is 109 Å². The van der Waals surface area contributed by atoms with Crippen molar-refractivity contribution in [3.63, 3.8) is 0 Å². The minimum atomic E-state index is -0.168. The number of hydrogen-bond donors (Lipinski definition) is 0. The molecule has 0 saturated carbocycles. The summed E-state index contributed by atoms with van der Waals surface area (Å²) in [4.78, 5) is 0. The number of benzene rings is 6. The van der Waals surface area contributed by atoms with Crippen LogP contribution in [-0.4, -0.2) is 0 Å². The first-order chi connectivity index (χ1) is 30.8. The molecule has 362 valence electrons. The van der Waals surface area contributed by atoms with Crippen LogP contribution in [0, 0.1) is 0 Å². The minimum Gasteiger partial charge on any atom is -0.0622 e. The lowest BCUT2D eigenvalue weighted by Crippen LogP contribution is -2.19. The van der Waals surface area contributed by atoms with E-state index >= 15 is 0 Å². The van der Waals surface area contributed by atoms with Crippen molar-refractivity contribution in [1.29, 1.82) is 0 Å². The first-order valence-electron chi connectivity index (χ1n) is 25.7. The molecule has 0 N–H and O–H groups in total. The average molecular weight is 907 g/mol. The molecule has 6 aromatic rings. The van der Waals surface area contributed by atoms with E-state index in [1.165, 1.54) is 100 Å². The zero-order valence-electron chi connectivity index (χ0n) is 47.4. The first-order valence-corrected chi connectivity index (χ1v) is 25.7. The Morgan fingerprint density at radius 1 is 0.206 bits per heavy atom. The Morgan fingerprint density at radius 2 is 0.471 bits per heavy atom. The summed E-state index contributed by atoms with van der Waals surface area (Å²) in [6.45, 7) is 57.2. The summed E-state index contributed by atoms with van der Waals surface area (Å²) in [7, 11) is 0. The van der Waals surface area contributed by atoms with Gasteiger partial charge in [0, 0.05) is 0 Å². The summed E-state index contributed by atoms with van der Waals surface area (Å²) in [5, 5.41) is 0. The lowest BCUT2D eigenvalue weighted by molar-refractivity contribution is 0.577. The fraction of sp³-hybridized carbons (Fsp3) is 0.471. The number of rotatable bonds is 5. The van der Waals surface area contributed by atoms with Gasteiger partial charge in [0.1, 0.15) is 0 Å². The van der Waals surface area contributed by atoms with Gasteiger partial charge < -0.3 is 0 Å². The van der Waals surface area contributed by atoms with Crippen LogP contribution in [0.4, 0.5) is 0 Å². The summed E-state index contributed by atoms with van der Waals surface area (Å²) in [5.74, 6) is 0. The smallest absolute Gasteiger partial charge is 0.00111 e. The Morgan fingerprint density at radius 3 is 0.765 bits per heavy atom. The molecular weight excluding hydrogens is 817 g/mol. The quantitative estimate of drug-likeness (QED) is 0.162. The van der Waals surface area contributed by atoms with Crippen molar-refractivity contribution in [2.45, 2.75) is 209 Å². The normalized spacial score (nSPS) is 13.6. The summed E-state index contributed by atoms with van der Waals surface area (Å²) in [6.07, 6.45) is 0. The zero-order chi connectivity index (χ0) is 51.1. The van der Waals surface area contributed by atoms with Gasteiger partial charge in [0.05, 0.1) is 0 Å². The van der Waals surface area contributed by atoms with Gasteiger partial charge in [-0.05, 0) is 150 Å². The molecule has 0 atom stereocenters. The predicted octanol–water partition coefficient (Wildman–Crippen LogP) is 20.4. The highest BCUT2D eigenvalue weighted by Gasteiger charge is 2.35. The fourth-order valence-electron chi connectivity index (χ4n) is 10.1. The molecule has 0 amide bonds. The van der Waals surface area contributed by atoms with Crippen LogP contribution < -0.4 is 0 Å². The molecule has 6 aromatic carbocycles. The van der Waals surface area contributed by atoms with Crippen LogP contribution in [-0.2, 0) is 43.3 Å². The van der Waals surface area contributed by atoms with Gasteiger partial charge in [-0.2, -0.15) is 0 Å². The highest BCUT2D eigenvalue weighted by Crippen LogP contribution is 2.56. The van der Waals surface area contributed by atoms with Crippen molar-refractivity contribution in [3.8, 4) is 55.6 Å². The maximum absolute atomic E-state index is 2.66. The molecule has 0 aliphatic carbocycles. The van der Waals surface area contributed by atoms with Crippen LogP contribution in [0.25, 0.3) is 55.6 Å². The lowest BCUT2D eigenvalue weighted by Gasteiger charge is -2.35. The Balaban J connectivity index is 2.18. The number of hydrogen-bond acceptors (Lipinski definition) is 0. The fourth-order valence-corrected chi connectivity index (χ4v) is 10.1. The van der Waals surface area contributed by atoms with Gasteiger partial charge in [0.2, 0.25) is 0 Å². The van der Waals surface area contributed by atoms with E-state index in [2.05, 4.69) is 275 Å². The summed E-state index contributed by atoms with van der Waals surface area (Å²) in [5.41, 5.74) is 22.9. The van der Waals surface area contributed by atoms with Gasteiger partial charge in [-0.1, -0.05) is 269 Å². The van der Waals surface area contributed by atoms with E-state index in [1.807, 2.05) is 0 Å². The summed E-state index contributed by atoms with van der Waals surface area (Å²) < 4.78 is 0. The Labute approximate surface area is 416 Å². The minimum absolute atomic E-state index is 0.0560. The third-order valence-corrected chi connectivity index (χ3v) is 14.3. The molecule has 0 fully saturated rings. The maximum atomic E-state index is 2.66. The molecule has 0 heterocycles. The van der Waals surface area contributed by atoms with Gasteiger partial charge in [0.15, 0.2) is 0 Å². The monoisotopic (exact) mass is 907 g/mol. The molecule has 0 aliphatic heterocycles. The SMILES string of the molecule is CC(C)(C)c1ccc(C(C)(C)C)c(-c2cc(-c3cc(C(C)(C)C)ccc3C(C)(C)C)c(-c3cc(C(C)(C)C)ccc3C(C)(C)C)c(-c3cc(C(C)(C)C)ccc3C(C)(C)C)c2-c2ccccc2)c1. The Kier molecular flexibility index (Phi) is 13.7. The molecule has 0 nitrogen and oxygen atoms in total. The van der Waals surface area contributed by atoms with Crippen molar-refractivity contribution >= 4 is 0 Å². The molecule has 68 heavy (non-hydrogen) atoms. The first kappa shape index (κ1) is 52.7. The Hall–Kier alpha value is -4.68. The second-order valence-corrected chi connectivity index (χ2v) is 28.5. The molecule has 0 spiro atoms. The van der Waals surface area contributed by atoms with Gasteiger partial charge >= 0.3 is 0 Å². The molecule has 0 unspecified atom stereocenters. The van der Waals surface area contributed by atoms with Crippen LogP contribution in [0.3, 0.4) is 0 Å². The average Bonchev–Trinajstić information content (AvgIpc) is 3.19. The summed E-state index contributed by atoms with van der Waals surface area (Å²) in [6, 6.07) is 43.9. The van der Waals surface area contributed by atoms with Crippen molar-refractivity contribution in [3.05, 3.63) is 154 Å². The van der Waals surface area contributed by atoms with Gasteiger partial charge in [-0.15, -0.1) is 0 Å². The topological polar surface area (TPSA) is 0 Å². The van der Waals surface area contributed by atoms with E-state index in [-0.39, 0.29) is 43.3 Å². The summed E-state index contributed by atoms with van der Waals surface area (Å²) >= 11 is 0. The van der Waals surface area contributed by atoms with Gasteiger partial charge in [0.25, 0.3) is 0 Å². The molecule has 0 aliphatic rings. The molecule has 6 rings (SSSR count). The van der Waals surface area contributed by atoms with Gasteiger partial charge in [-0.25, -0.2) is 0 Å². The van der Waals surface area contributed by atoms with E-state index in [0.717, 1.165) is 0 Å². The van der Waals surface area contributed by atoms with E-state index in [4.69, 9.17) is 0 Å². The van der Waals surface area contributed by atoms with Gasteiger partial charge in [-0.3, -0.25) is 0 Å². The van der Waals surface area contributed by atoms with E-state index in [1.54, 1.807) is 0 Å². The van der Waals surface area contributed by atoms with E-state index < -0.39 is 0 Å². The van der Waals surface area contributed by atoms with Crippen molar-refractivity contribution in [2.75, 3.05) is 0 Å². The molecule has 0 heteroatoms. The highest BCUT2D eigenvalue weighted by molar-refractivity contribution is 6.09. The van der Waals surface area contributed by atoms with E-state index in [9.17, 15) is 0 Å². The second-order valence-electron chi connectivity index (χ2n) is 28.5. The van der Waals surface area contributed by atoms with E-state index in [0.29, 0.717) is 0 Å². The lowest BCUT2D eigenvalue weighted by atomic mass is 9.68. The maximum Gasteiger partial charge on any atom is -0.00111 e. The Bertz CT molecular complexity index is 2800. The van der Waals surface area contributed by atoms with Crippen molar-refractivity contribution < 1.29 is 0 Å².